The van der Waals surface area contributed by atoms with E-state index in [2.05, 4.69) is 4.99 Å². The summed E-state index contributed by atoms with van der Waals surface area (Å²) in [4.78, 5) is 4.75. The number of fused-ring (bicyclic) bond motifs is 1. The van der Waals surface area contributed by atoms with Crippen molar-refractivity contribution in [3.8, 4) is 0 Å². The van der Waals surface area contributed by atoms with E-state index in [1.807, 2.05) is 6.07 Å². The van der Waals surface area contributed by atoms with Crippen molar-refractivity contribution in [2.45, 2.75) is 35.0 Å². The largest absolute Gasteiger partial charge is 0.370 e. The van der Waals surface area contributed by atoms with Crippen LogP contribution >= 0.6 is 0 Å². The van der Waals surface area contributed by atoms with Gasteiger partial charge in [-0.15, -0.1) is 0 Å². The van der Waals surface area contributed by atoms with Crippen molar-refractivity contribution in [2.75, 3.05) is 6.54 Å². The van der Waals surface area contributed by atoms with E-state index >= 15 is 0 Å². The van der Waals surface area contributed by atoms with Gasteiger partial charge in [0.15, 0.2) is 5.96 Å². The van der Waals surface area contributed by atoms with Crippen LogP contribution in [0.15, 0.2) is 63.3 Å². The molecular weight excluding hydrogens is 322 g/mol. The molecule has 126 valence electrons. The van der Waals surface area contributed by atoms with E-state index in [1.165, 1.54) is 5.56 Å². The summed E-state index contributed by atoms with van der Waals surface area (Å²) in [6, 6.07) is 13.9. The smallest absolute Gasteiger partial charge is 0.206 e. The maximum Gasteiger partial charge on any atom is 0.206 e. The van der Waals surface area contributed by atoms with Gasteiger partial charge in [-0.2, -0.15) is 0 Å². The first-order valence-corrected chi connectivity index (χ1v) is 9.45. The van der Waals surface area contributed by atoms with Gasteiger partial charge in [0.2, 0.25) is 9.84 Å². The minimum absolute atomic E-state index is 0.0650. The van der Waals surface area contributed by atoms with Crippen LogP contribution in [0.2, 0.25) is 0 Å². The van der Waals surface area contributed by atoms with Crippen LogP contribution < -0.4 is 11.5 Å². The Morgan fingerprint density at radius 1 is 1.08 bits per heavy atom. The van der Waals surface area contributed by atoms with Crippen LogP contribution in [0.1, 0.15) is 29.9 Å². The summed E-state index contributed by atoms with van der Waals surface area (Å²) in [5.41, 5.74) is 13.1. The van der Waals surface area contributed by atoms with Gasteiger partial charge in [0.25, 0.3) is 0 Å². The molecule has 24 heavy (non-hydrogen) atoms. The molecule has 0 fully saturated rings. The van der Waals surface area contributed by atoms with Gasteiger partial charge in [0.1, 0.15) is 0 Å². The predicted octanol–water partition coefficient (Wildman–Crippen LogP) is 2.21. The first kappa shape index (κ1) is 16.5. The lowest BCUT2D eigenvalue weighted by atomic mass is 9.83. The zero-order valence-corrected chi connectivity index (χ0v) is 14.2. The molecule has 1 unspecified atom stereocenters. The SMILES string of the molecule is NC(N)=NCC1CCCc2ccc(S(=O)(=O)c3ccccc3)cc21. The maximum atomic E-state index is 12.8. The highest BCUT2D eigenvalue weighted by Crippen LogP contribution is 2.34. The van der Waals surface area contributed by atoms with Gasteiger partial charge < -0.3 is 11.5 Å². The Morgan fingerprint density at radius 3 is 2.54 bits per heavy atom. The van der Waals surface area contributed by atoms with Crippen molar-refractivity contribution in [3.63, 3.8) is 0 Å². The number of aliphatic imine (C=N–C) groups is 1. The Balaban J connectivity index is 2.01. The minimum Gasteiger partial charge on any atom is -0.370 e. The molecule has 0 radical (unpaired) electrons. The molecule has 0 aliphatic heterocycles. The minimum atomic E-state index is -3.51. The fourth-order valence-electron chi connectivity index (χ4n) is 3.18. The van der Waals surface area contributed by atoms with E-state index in [9.17, 15) is 8.42 Å². The quantitative estimate of drug-likeness (QED) is 0.657. The van der Waals surface area contributed by atoms with Crippen LogP contribution in [0.5, 0.6) is 0 Å². The normalized spacial score (nSPS) is 17.1. The molecule has 4 N–H and O–H groups in total. The summed E-state index contributed by atoms with van der Waals surface area (Å²) in [6.07, 6.45) is 2.97. The van der Waals surface area contributed by atoms with Crippen molar-refractivity contribution in [2.24, 2.45) is 16.5 Å². The predicted molar refractivity (Wildman–Crippen MR) is 94.7 cm³/mol. The van der Waals surface area contributed by atoms with Gasteiger partial charge in [-0.05, 0) is 54.7 Å². The molecule has 6 heteroatoms. The average molecular weight is 343 g/mol. The summed E-state index contributed by atoms with van der Waals surface area (Å²) >= 11 is 0. The molecule has 1 aliphatic carbocycles. The highest BCUT2D eigenvalue weighted by molar-refractivity contribution is 7.91. The topological polar surface area (TPSA) is 98.5 Å². The van der Waals surface area contributed by atoms with Gasteiger partial charge >= 0.3 is 0 Å². The van der Waals surface area contributed by atoms with Gasteiger partial charge in [-0.25, -0.2) is 8.42 Å². The molecule has 0 saturated heterocycles. The maximum absolute atomic E-state index is 12.8. The second-order valence-corrected chi connectivity index (χ2v) is 7.98. The summed E-state index contributed by atoms with van der Waals surface area (Å²) < 4.78 is 25.6. The lowest BCUT2D eigenvalue weighted by molar-refractivity contribution is 0.558. The van der Waals surface area contributed by atoms with Crippen LogP contribution in [-0.4, -0.2) is 20.9 Å². The third-order valence-corrected chi connectivity index (χ3v) is 6.18. The second-order valence-electron chi connectivity index (χ2n) is 6.03. The van der Waals surface area contributed by atoms with E-state index in [0.29, 0.717) is 16.3 Å². The molecule has 2 aromatic carbocycles. The van der Waals surface area contributed by atoms with Crippen molar-refractivity contribution < 1.29 is 8.42 Å². The molecule has 0 heterocycles. The van der Waals surface area contributed by atoms with E-state index in [1.54, 1.807) is 42.5 Å². The monoisotopic (exact) mass is 343 g/mol. The summed E-state index contributed by atoms with van der Waals surface area (Å²) in [5.74, 6) is 0.219. The molecule has 3 rings (SSSR count). The molecule has 0 amide bonds. The van der Waals surface area contributed by atoms with E-state index in [0.717, 1.165) is 24.8 Å². The Labute approximate surface area is 142 Å². The van der Waals surface area contributed by atoms with Gasteiger partial charge in [-0.1, -0.05) is 24.3 Å². The molecule has 2 aromatic rings. The Morgan fingerprint density at radius 2 is 1.83 bits per heavy atom. The Hall–Kier alpha value is -2.34. The molecule has 0 spiro atoms. The number of nitrogens with two attached hydrogens (primary N) is 2. The first-order valence-electron chi connectivity index (χ1n) is 7.97. The van der Waals surface area contributed by atoms with Crippen molar-refractivity contribution in [1.82, 2.24) is 0 Å². The van der Waals surface area contributed by atoms with E-state index < -0.39 is 9.84 Å². The number of benzene rings is 2. The third-order valence-electron chi connectivity index (χ3n) is 4.41. The van der Waals surface area contributed by atoms with Crippen LogP contribution in [0.3, 0.4) is 0 Å². The second kappa shape index (κ2) is 6.65. The fourth-order valence-corrected chi connectivity index (χ4v) is 4.50. The summed E-state index contributed by atoms with van der Waals surface area (Å²) in [7, 11) is -3.51. The van der Waals surface area contributed by atoms with Crippen LogP contribution in [-0.2, 0) is 16.3 Å². The molecule has 0 saturated carbocycles. The molecule has 5 nitrogen and oxygen atoms in total. The molecular formula is C18H21N3O2S. The van der Waals surface area contributed by atoms with Crippen molar-refractivity contribution in [3.05, 3.63) is 59.7 Å². The number of guanidine groups is 1. The van der Waals surface area contributed by atoms with Crippen LogP contribution in [0.25, 0.3) is 0 Å². The summed E-state index contributed by atoms with van der Waals surface area (Å²) in [5, 5.41) is 0. The highest BCUT2D eigenvalue weighted by atomic mass is 32.2. The number of aryl methyl sites for hydroxylation is 1. The third kappa shape index (κ3) is 3.28. The first-order chi connectivity index (χ1) is 11.5. The lowest BCUT2D eigenvalue weighted by Gasteiger charge is -2.25. The van der Waals surface area contributed by atoms with Gasteiger partial charge in [0.05, 0.1) is 9.79 Å². The number of sulfone groups is 1. The van der Waals surface area contributed by atoms with Crippen molar-refractivity contribution in [1.29, 1.82) is 0 Å². The van der Waals surface area contributed by atoms with Crippen LogP contribution in [0.4, 0.5) is 0 Å². The number of nitrogens with zero attached hydrogens (tertiary/aromatic N) is 1. The molecule has 1 aliphatic rings. The summed E-state index contributed by atoms with van der Waals surface area (Å²) in [6.45, 7) is 0.490. The Bertz CT molecular complexity index is 857. The number of rotatable bonds is 4. The van der Waals surface area contributed by atoms with Crippen LogP contribution in [0, 0.1) is 0 Å². The average Bonchev–Trinajstić information content (AvgIpc) is 2.60. The molecule has 0 bridgehead atoms. The Kier molecular flexibility index (Phi) is 4.57. The van der Waals surface area contributed by atoms with Gasteiger partial charge in [-0.3, -0.25) is 4.99 Å². The number of hydrogen-bond acceptors (Lipinski definition) is 3. The lowest BCUT2D eigenvalue weighted by Crippen LogP contribution is -2.24. The van der Waals surface area contributed by atoms with E-state index in [4.69, 9.17) is 11.5 Å². The zero-order chi connectivity index (χ0) is 17.2. The zero-order valence-electron chi connectivity index (χ0n) is 13.4. The molecule has 0 aromatic heterocycles. The van der Waals surface area contributed by atoms with Gasteiger partial charge in [0, 0.05) is 12.5 Å². The standard InChI is InChI=1S/C18H21N3O2S/c19-18(20)21-12-14-6-4-5-13-9-10-16(11-17(13)14)24(22,23)15-7-2-1-3-8-15/h1-3,7-11,14H,4-6,12H2,(H4,19,20,21). The highest BCUT2D eigenvalue weighted by Gasteiger charge is 2.24. The number of hydrogen-bond donors (Lipinski definition) is 2. The van der Waals surface area contributed by atoms with Crippen molar-refractivity contribution >= 4 is 15.8 Å². The van der Waals surface area contributed by atoms with E-state index in [-0.39, 0.29) is 11.9 Å². The molecule has 1 atom stereocenters. The fraction of sp³-hybridized carbons (Fsp3) is 0.278.